The number of anilines is 1. The molecule has 1 fully saturated rings. The SMILES string of the molecule is Cc1cccc(C(=O)N2CCc3cc(S(=O)(=O)N4CCCCC4)ccc32)n1. The number of rotatable bonds is 3. The fraction of sp³-hybridized carbons (Fsp3) is 0.400. The Bertz CT molecular complexity index is 982. The zero-order chi connectivity index (χ0) is 19.0. The van der Waals surface area contributed by atoms with Gasteiger partial charge in [-0.15, -0.1) is 0 Å². The third-order valence-electron chi connectivity index (χ3n) is 5.25. The Morgan fingerprint density at radius 1 is 1.04 bits per heavy atom. The van der Waals surface area contributed by atoms with E-state index in [-0.39, 0.29) is 5.91 Å². The van der Waals surface area contributed by atoms with E-state index in [1.807, 2.05) is 19.1 Å². The van der Waals surface area contributed by atoms with Crippen LogP contribution in [0.3, 0.4) is 0 Å². The summed E-state index contributed by atoms with van der Waals surface area (Å²) in [5.74, 6) is -0.149. The van der Waals surface area contributed by atoms with Crippen LogP contribution in [0.1, 0.15) is 41.0 Å². The van der Waals surface area contributed by atoms with Crippen molar-refractivity contribution in [2.75, 3.05) is 24.5 Å². The number of carbonyl (C=O) groups is 1. The topological polar surface area (TPSA) is 70.6 Å². The van der Waals surface area contributed by atoms with Crippen LogP contribution in [-0.2, 0) is 16.4 Å². The van der Waals surface area contributed by atoms with Gasteiger partial charge in [0.15, 0.2) is 0 Å². The maximum atomic E-state index is 12.9. The minimum Gasteiger partial charge on any atom is -0.306 e. The van der Waals surface area contributed by atoms with Crippen LogP contribution >= 0.6 is 0 Å². The number of aryl methyl sites for hydroxylation is 1. The average molecular weight is 385 g/mol. The highest BCUT2D eigenvalue weighted by molar-refractivity contribution is 7.89. The van der Waals surface area contributed by atoms with Gasteiger partial charge in [0, 0.05) is 31.0 Å². The molecule has 7 heteroatoms. The second-order valence-electron chi connectivity index (χ2n) is 7.13. The lowest BCUT2D eigenvalue weighted by Gasteiger charge is -2.26. The molecular formula is C20H23N3O3S. The summed E-state index contributed by atoms with van der Waals surface area (Å²) in [5, 5.41) is 0. The van der Waals surface area contributed by atoms with Gasteiger partial charge in [-0.3, -0.25) is 4.79 Å². The molecule has 0 unspecified atom stereocenters. The van der Waals surface area contributed by atoms with Crippen molar-refractivity contribution < 1.29 is 13.2 Å². The van der Waals surface area contributed by atoms with E-state index in [2.05, 4.69) is 4.98 Å². The van der Waals surface area contributed by atoms with Crippen molar-refractivity contribution >= 4 is 21.6 Å². The Hall–Kier alpha value is -2.25. The number of pyridine rings is 1. The molecule has 0 saturated carbocycles. The predicted molar refractivity (Wildman–Crippen MR) is 103 cm³/mol. The molecule has 3 heterocycles. The fourth-order valence-electron chi connectivity index (χ4n) is 3.80. The first-order chi connectivity index (χ1) is 13.0. The summed E-state index contributed by atoms with van der Waals surface area (Å²) in [7, 11) is -3.46. The Balaban J connectivity index is 1.62. The summed E-state index contributed by atoms with van der Waals surface area (Å²) >= 11 is 0. The van der Waals surface area contributed by atoms with Gasteiger partial charge in [-0.25, -0.2) is 13.4 Å². The van der Waals surface area contributed by atoms with Crippen LogP contribution in [0, 0.1) is 6.92 Å². The number of hydrogen-bond acceptors (Lipinski definition) is 4. The Morgan fingerprint density at radius 3 is 2.56 bits per heavy atom. The molecule has 1 aromatic carbocycles. The van der Waals surface area contributed by atoms with Gasteiger partial charge in [-0.2, -0.15) is 4.31 Å². The highest BCUT2D eigenvalue weighted by atomic mass is 32.2. The molecule has 142 valence electrons. The first kappa shape index (κ1) is 18.1. The summed E-state index contributed by atoms with van der Waals surface area (Å²) in [6.45, 7) is 3.57. The largest absolute Gasteiger partial charge is 0.306 e. The second kappa shape index (κ2) is 7.05. The maximum Gasteiger partial charge on any atom is 0.276 e. The Kier molecular flexibility index (Phi) is 4.74. The van der Waals surface area contributed by atoms with Crippen LogP contribution in [0.15, 0.2) is 41.3 Å². The first-order valence-corrected chi connectivity index (χ1v) is 10.8. The number of nitrogens with zero attached hydrogens (tertiary/aromatic N) is 3. The summed E-state index contributed by atoms with van der Waals surface area (Å²) in [6.07, 6.45) is 3.56. The lowest BCUT2D eigenvalue weighted by molar-refractivity contribution is 0.0984. The number of aromatic nitrogens is 1. The molecule has 0 spiro atoms. The van der Waals surface area contributed by atoms with Gasteiger partial charge in [0.25, 0.3) is 5.91 Å². The van der Waals surface area contributed by atoms with Crippen molar-refractivity contribution in [2.45, 2.75) is 37.5 Å². The van der Waals surface area contributed by atoms with Crippen molar-refractivity contribution in [3.8, 4) is 0 Å². The number of benzene rings is 1. The zero-order valence-corrected chi connectivity index (χ0v) is 16.2. The molecule has 0 radical (unpaired) electrons. The molecule has 1 amide bonds. The molecule has 0 bridgehead atoms. The highest BCUT2D eigenvalue weighted by Crippen LogP contribution is 2.32. The van der Waals surface area contributed by atoms with Crippen LogP contribution in [0.2, 0.25) is 0 Å². The molecule has 0 atom stereocenters. The smallest absolute Gasteiger partial charge is 0.276 e. The monoisotopic (exact) mass is 385 g/mol. The standard InChI is InChI=1S/C20H23N3O3S/c1-15-6-5-7-18(21-15)20(24)23-13-10-16-14-17(8-9-19(16)23)27(25,26)22-11-3-2-4-12-22/h5-9,14H,2-4,10-13H2,1H3. The summed E-state index contributed by atoms with van der Waals surface area (Å²) < 4.78 is 27.4. The van der Waals surface area contributed by atoms with Crippen LogP contribution in [0.4, 0.5) is 5.69 Å². The lowest BCUT2D eigenvalue weighted by Crippen LogP contribution is -2.35. The Labute approximate surface area is 159 Å². The van der Waals surface area contributed by atoms with Crippen molar-refractivity contribution in [3.63, 3.8) is 0 Å². The number of carbonyl (C=O) groups excluding carboxylic acids is 1. The summed E-state index contributed by atoms with van der Waals surface area (Å²) in [4.78, 5) is 19.2. The first-order valence-electron chi connectivity index (χ1n) is 9.35. The molecule has 27 heavy (non-hydrogen) atoms. The van der Waals surface area contributed by atoms with E-state index in [9.17, 15) is 13.2 Å². The van der Waals surface area contributed by atoms with Crippen LogP contribution in [0.25, 0.3) is 0 Å². The van der Waals surface area contributed by atoms with E-state index in [0.717, 1.165) is 36.2 Å². The molecular weight excluding hydrogens is 362 g/mol. The van der Waals surface area contributed by atoms with Gasteiger partial charge in [0.1, 0.15) is 5.69 Å². The maximum absolute atomic E-state index is 12.9. The third kappa shape index (κ3) is 3.37. The molecule has 2 aromatic rings. The van der Waals surface area contributed by atoms with Crippen molar-refractivity contribution in [1.29, 1.82) is 0 Å². The molecule has 2 aliphatic rings. The fourth-order valence-corrected chi connectivity index (χ4v) is 5.37. The summed E-state index contributed by atoms with van der Waals surface area (Å²) in [6, 6.07) is 10.5. The second-order valence-corrected chi connectivity index (χ2v) is 9.06. The molecule has 0 aliphatic carbocycles. The van der Waals surface area contributed by atoms with Gasteiger partial charge in [0.2, 0.25) is 10.0 Å². The minimum atomic E-state index is -3.46. The van der Waals surface area contributed by atoms with Gasteiger partial charge in [-0.05, 0) is 62.1 Å². The molecule has 1 aromatic heterocycles. The molecule has 4 rings (SSSR count). The van der Waals surface area contributed by atoms with Gasteiger partial charge in [-0.1, -0.05) is 12.5 Å². The summed E-state index contributed by atoms with van der Waals surface area (Å²) in [5.41, 5.74) is 2.88. The van der Waals surface area contributed by atoms with Crippen LogP contribution in [-0.4, -0.2) is 43.2 Å². The predicted octanol–water partition coefficient (Wildman–Crippen LogP) is 2.77. The number of hydrogen-bond donors (Lipinski definition) is 0. The highest BCUT2D eigenvalue weighted by Gasteiger charge is 2.30. The average Bonchev–Trinajstić information content (AvgIpc) is 3.11. The molecule has 2 aliphatic heterocycles. The van der Waals surface area contributed by atoms with Crippen molar-refractivity contribution in [2.24, 2.45) is 0 Å². The van der Waals surface area contributed by atoms with Crippen molar-refractivity contribution in [3.05, 3.63) is 53.3 Å². The zero-order valence-electron chi connectivity index (χ0n) is 15.4. The van der Waals surface area contributed by atoms with Crippen LogP contribution in [0.5, 0.6) is 0 Å². The van der Waals surface area contributed by atoms with Gasteiger partial charge >= 0.3 is 0 Å². The minimum absolute atomic E-state index is 0.149. The van der Waals surface area contributed by atoms with E-state index >= 15 is 0 Å². The van der Waals surface area contributed by atoms with Crippen LogP contribution < -0.4 is 4.90 Å². The third-order valence-corrected chi connectivity index (χ3v) is 7.15. The number of sulfonamides is 1. The quantitative estimate of drug-likeness (QED) is 0.815. The number of amides is 1. The van der Waals surface area contributed by atoms with Gasteiger partial charge in [0.05, 0.1) is 4.90 Å². The Morgan fingerprint density at radius 2 is 1.81 bits per heavy atom. The van der Waals surface area contributed by atoms with E-state index in [1.54, 1.807) is 33.5 Å². The van der Waals surface area contributed by atoms with Crippen molar-refractivity contribution in [1.82, 2.24) is 9.29 Å². The lowest BCUT2D eigenvalue weighted by atomic mass is 10.2. The molecule has 0 N–H and O–H groups in total. The number of fused-ring (bicyclic) bond motifs is 1. The molecule has 1 saturated heterocycles. The normalized spacial score (nSPS) is 17.7. The number of piperidine rings is 1. The van der Waals surface area contributed by atoms with E-state index < -0.39 is 10.0 Å². The molecule has 6 nitrogen and oxygen atoms in total. The van der Waals surface area contributed by atoms with E-state index in [1.165, 1.54) is 0 Å². The van der Waals surface area contributed by atoms with Gasteiger partial charge < -0.3 is 4.90 Å². The van der Waals surface area contributed by atoms with E-state index in [4.69, 9.17) is 0 Å². The van der Waals surface area contributed by atoms with E-state index in [0.29, 0.717) is 36.6 Å².